The first-order valence-electron chi connectivity index (χ1n) is 5.68. The summed E-state index contributed by atoms with van der Waals surface area (Å²) in [5.74, 6) is 0.966. The first-order valence-corrected chi connectivity index (χ1v) is 6.84. The molecule has 0 bridgehead atoms. The van der Waals surface area contributed by atoms with Gasteiger partial charge in [-0.2, -0.15) is 11.8 Å². The second-order valence-electron chi connectivity index (χ2n) is 3.97. The van der Waals surface area contributed by atoms with Gasteiger partial charge in [-0.1, -0.05) is 30.3 Å². The van der Waals surface area contributed by atoms with Gasteiger partial charge in [-0.15, -0.1) is 0 Å². The predicted octanol–water partition coefficient (Wildman–Crippen LogP) is 0.861. The van der Waals surface area contributed by atoms with E-state index in [2.05, 4.69) is 5.32 Å². The molecule has 0 heterocycles. The van der Waals surface area contributed by atoms with E-state index in [-0.39, 0.29) is 5.91 Å². The molecule has 0 aliphatic heterocycles. The summed E-state index contributed by atoms with van der Waals surface area (Å²) in [6.45, 7) is 1.58. The zero-order chi connectivity index (χ0) is 13.4. The summed E-state index contributed by atoms with van der Waals surface area (Å²) in [7, 11) is 0. The van der Waals surface area contributed by atoms with Crippen LogP contribution in [0.3, 0.4) is 0 Å². The molecule has 0 saturated carbocycles. The van der Waals surface area contributed by atoms with Crippen LogP contribution >= 0.6 is 11.8 Å². The van der Waals surface area contributed by atoms with E-state index < -0.39 is 12.1 Å². The molecule has 1 aromatic rings. The predicted molar refractivity (Wildman–Crippen MR) is 73.9 cm³/mol. The molecule has 0 aromatic heterocycles. The molecule has 1 rings (SSSR count). The Bertz CT molecular complexity index is 382. The Kier molecular flexibility index (Phi) is 6.46. The molecule has 0 unspecified atom stereocenters. The maximum atomic E-state index is 11.3. The fraction of sp³-hybridized carbons (Fsp3) is 0.385. The quantitative estimate of drug-likeness (QED) is 0.767. The van der Waals surface area contributed by atoms with E-state index in [1.54, 1.807) is 18.7 Å². The molecule has 1 amide bonds. The highest BCUT2D eigenvalue weighted by Crippen LogP contribution is 2.12. The maximum Gasteiger partial charge on any atom is 0.237 e. The maximum absolute atomic E-state index is 11.3. The summed E-state index contributed by atoms with van der Waals surface area (Å²) < 4.78 is 0. The smallest absolute Gasteiger partial charge is 0.237 e. The highest BCUT2D eigenvalue weighted by atomic mass is 32.2. The highest BCUT2D eigenvalue weighted by Gasteiger charge is 2.14. The van der Waals surface area contributed by atoms with Gasteiger partial charge in [0.15, 0.2) is 0 Å². The van der Waals surface area contributed by atoms with Crippen LogP contribution in [-0.4, -0.2) is 30.0 Å². The number of hydrogen-bond acceptors (Lipinski definition) is 4. The summed E-state index contributed by atoms with van der Waals surface area (Å²) in [4.78, 5) is 22.0. The number of nitrogens with two attached hydrogens (primary N) is 1. The van der Waals surface area contributed by atoms with Crippen LogP contribution in [0.1, 0.15) is 12.5 Å². The third-order valence-corrected chi connectivity index (χ3v) is 3.37. The lowest BCUT2D eigenvalue weighted by atomic mass is 10.2. The fourth-order valence-electron chi connectivity index (χ4n) is 1.28. The number of benzene rings is 1. The molecule has 5 heteroatoms. The molecule has 0 fully saturated rings. The third-order valence-electron chi connectivity index (χ3n) is 2.27. The van der Waals surface area contributed by atoms with Crippen LogP contribution in [0.2, 0.25) is 0 Å². The van der Waals surface area contributed by atoms with Gasteiger partial charge < -0.3 is 11.1 Å². The summed E-state index contributed by atoms with van der Waals surface area (Å²) in [5.41, 5.74) is 6.60. The molecule has 97 valence electrons. The monoisotopic (exact) mass is 265 g/mol. The Morgan fingerprint density at radius 1 is 1.44 bits per heavy atom. The zero-order valence-corrected chi connectivity index (χ0v) is 11.1. The highest BCUT2D eigenvalue weighted by molar-refractivity contribution is 7.98. The Labute approximate surface area is 111 Å². The molecule has 1 radical (unpaired) electrons. The van der Waals surface area contributed by atoms with Crippen molar-refractivity contribution in [2.24, 2.45) is 5.73 Å². The summed E-state index contributed by atoms with van der Waals surface area (Å²) in [6.07, 6.45) is 1.82. The Morgan fingerprint density at radius 3 is 2.67 bits per heavy atom. The number of hydrogen-bond donors (Lipinski definition) is 2. The second kappa shape index (κ2) is 7.89. The molecular weight excluding hydrogens is 248 g/mol. The first kappa shape index (κ1) is 14.7. The van der Waals surface area contributed by atoms with Gasteiger partial charge in [0.2, 0.25) is 12.2 Å². The minimum Gasteiger partial charge on any atom is -0.344 e. The van der Waals surface area contributed by atoms with E-state index in [1.165, 1.54) is 5.56 Å². The summed E-state index contributed by atoms with van der Waals surface area (Å²) in [5, 5.41) is 2.54. The van der Waals surface area contributed by atoms with Crippen LogP contribution in [0.4, 0.5) is 0 Å². The average Bonchev–Trinajstić information content (AvgIpc) is 2.38. The van der Waals surface area contributed by atoms with Crippen LogP contribution in [0.25, 0.3) is 0 Å². The number of rotatable bonds is 7. The van der Waals surface area contributed by atoms with E-state index in [9.17, 15) is 9.59 Å². The van der Waals surface area contributed by atoms with E-state index in [1.807, 2.05) is 36.6 Å². The van der Waals surface area contributed by atoms with Crippen molar-refractivity contribution >= 4 is 24.0 Å². The number of thioether (sulfide) groups is 1. The third kappa shape index (κ3) is 5.33. The molecular formula is C13H17N2O2S. The van der Waals surface area contributed by atoms with Crippen molar-refractivity contribution < 1.29 is 9.59 Å². The SMILES string of the molecule is C[C@H](N)C(=O)N[C@H]([C]=O)CSCc1ccccc1. The number of nitrogens with one attached hydrogen (secondary N) is 1. The lowest BCUT2D eigenvalue weighted by Gasteiger charge is -2.13. The van der Waals surface area contributed by atoms with E-state index in [0.29, 0.717) is 5.75 Å². The van der Waals surface area contributed by atoms with Crippen molar-refractivity contribution in [3.8, 4) is 0 Å². The molecule has 3 N–H and O–H groups in total. The van der Waals surface area contributed by atoms with Crippen molar-refractivity contribution in [2.75, 3.05) is 5.75 Å². The molecule has 2 atom stereocenters. The molecule has 4 nitrogen and oxygen atoms in total. The largest absolute Gasteiger partial charge is 0.344 e. The summed E-state index contributed by atoms with van der Waals surface area (Å²) >= 11 is 1.57. The van der Waals surface area contributed by atoms with Gasteiger partial charge in [0.25, 0.3) is 0 Å². The van der Waals surface area contributed by atoms with Gasteiger partial charge in [-0.05, 0) is 12.5 Å². The lowest BCUT2D eigenvalue weighted by Crippen LogP contribution is -2.45. The van der Waals surface area contributed by atoms with Crippen molar-refractivity contribution in [1.29, 1.82) is 0 Å². The van der Waals surface area contributed by atoms with Gasteiger partial charge >= 0.3 is 0 Å². The van der Waals surface area contributed by atoms with Gasteiger partial charge in [0.05, 0.1) is 6.04 Å². The standard InChI is InChI=1S/C13H17N2O2S/c1-10(14)13(17)15-12(7-16)9-18-8-11-5-3-2-4-6-11/h2-6,10,12H,8-9,14H2,1H3,(H,15,17)/t10-,12+/m0/s1. The second-order valence-corrected chi connectivity index (χ2v) is 5.00. The van der Waals surface area contributed by atoms with Crippen molar-refractivity contribution in [1.82, 2.24) is 5.32 Å². The van der Waals surface area contributed by atoms with Gasteiger partial charge in [0.1, 0.15) is 6.04 Å². The normalized spacial score (nSPS) is 13.7. The average molecular weight is 265 g/mol. The van der Waals surface area contributed by atoms with Crippen molar-refractivity contribution in [3.63, 3.8) is 0 Å². The van der Waals surface area contributed by atoms with Crippen LogP contribution in [-0.2, 0) is 15.3 Å². The first-order chi connectivity index (χ1) is 8.63. The minimum atomic E-state index is -0.611. The number of amides is 1. The van der Waals surface area contributed by atoms with Crippen molar-refractivity contribution in [3.05, 3.63) is 35.9 Å². The zero-order valence-electron chi connectivity index (χ0n) is 10.3. The Balaban J connectivity index is 2.32. The Hall–Kier alpha value is -1.33. The van der Waals surface area contributed by atoms with Gasteiger partial charge in [0, 0.05) is 11.5 Å². The minimum absolute atomic E-state index is 0.330. The molecule has 0 saturated heterocycles. The molecule has 0 aliphatic carbocycles. The van der Waals surface area contributed by atoms with E-state index >= 15 is 0 Å². The van der Waals surface area contributed by atoms with Crippen LogP contribution in [0.5, 0.6) is 0 Å². The van der Waals surface area contributed by atoms with E-state index in [0.717, 1.165) is 5.75 Å². The number of carbonyl (C=O) groups is 1. The van der Waals surface area contributed by atoms with Gasteiger partial charge in [-0.25, -0.2) is 0 Å². The van der Waals surface area contributed by atoms with Crippen LogP contribution < -0.4 is 11.1 Å². The van der Waals surface area contributed by atoms with Crippen molar-refractivity contribution in [2.45, 2.75) is 24.8 Å². The fourth-order valence-corrected chi connectivity index (χ4v) is 2.21. The number of carbonyl (C=O) groups excluding carboxylic acids is 2. The topological polar surface area (TPSA) is 72.2 Å². The molecule has 1 aromatic carbocycles. The molecule has 0 aliphatic rings. The van der Waals surface area contributed by atoms with Crippen LogP contribution in [0, 0.1) is 0 Å². The van der Waals surface area contributed by atoms with Crippen LogP contribution in [0.15, 0.2) is 30.3 Å². The lowest BCUT2D eigenvalue weighted by molar-refractivity contribution is -0.122. The molecule has 18 heavy (non-hydrogen) atoms. The molecule has 0 spiro atoms. The Morgan fingerprint density at radius 2 is 2.11 bits per heavy atom. The summed E-state index contributed by atoms with van der Waals surface area (Å²) in [6, 6.07) is 8.73. The van der Waals surface area contributed by atoms with E-state index in [4.69, 9.17) is 5.73 Å². The van der Waals surface area contributed by atoms with Gasteiger partial charge in [-0.3, -0.25) is 9.59 Å².